The average Bonchev–Trinajstić information content (AvgIpc) is 2.59. The van der Waals surface area contributed by atoms with Crippen LogP contribution in [0.1, 0.15) is 27.2 Å². The molecular weight excluding hydrogens is 180 g/mol. The van der Waals surface area contributed by atoms with E-state index in [2.05, 4.69) is 5.32 Å². The molecule has 0 aromatic carbocycles. The van der Waals surface area contributed by atoms with E-state index in [1.807, 2.05) is 25.7 Å². The summed E-state index contributed by atoms with van der Waals surface area (Å²) in [6, 6.07) is 0.669. The third-order valence-corrected chi connectivity index (χ3v) is 2.59. The fourth-order valence-electron chi connectivity index (χ4n) is 2.01. The Hall–Kier alpha value is -0.770. The van der Waals surface area contributed by atoms with Gasteiger partial charge in [0.05, 0.1) is 6.04 Å². The maximum atomic E-state index is 11.7. The van der Waals surface area contributed by atoms with Gasteiger partial charge in [-0.1, -0.05) is 0 Å². The first-order valence-corrected chi connectivity index (χ1v) is 5.12. The van der Waals surface area contributed by atoms with Crippen molar-refractivity contribution in [1.29, 1.82) is 0 Å². The highest BCUT2D eigenvalue weighted by atomic mass is 16.6. The van der Waals surface area contributed by atoms with Crippen LogP contribution in [0.25, 0.3) is 0 Å². The molecule has 1 amide bonds. The fourth-order valence-corrected chi connectivity index (χ4v) is 2.01. The van der Waals surface area contributed by atoms with Crippen LogP contribution in [0.15, 0.2) is 0 Å². The van der Waals surface area contributed by atoms with Gasteiger partial charge in [0.1, 0.15) is 5.60 Å². The third kappa shape index (κ3) is 1.85. The molecule has 2 rings (SSSR count). The normalized spacial score (nSPS) is 30.9. The maximum Gasteiger partial charge on any atom is 0.410 e. The smallest absolute Gasteiger partial charge is 0.410 e. The molecule has 2 aliphatic rings. The highest BCUT2D eigenvalue weighted by Crippen LogP contribution is 2.26. The Bertz CT molecular complexity index is 247. The molecule has 4 heteroatoms. The molecule has 2 bridgehead atoms. The van der Waals surface area contributed by atoms with E-state index < -0.39 is 5.60 Å². The van der Waals surface area contributed by atoms with Gasteiger partial charge in [0.2, 0.25) is 0 Å². The molecule has 79 valence electrons. The topological polar surface area (TPSA) is 43.6 Å². The second kappa shape index (κ2) is 3.12. The summed E-state index contributed by atoms with van der Waals surface area (Å²) in [5.74, 6) is 0. The maximum absolute atomic E-state index is 11.7. The molecule has 2 saturated heterocycles. The minimum atomic E-state index is -0.393. The van der Waals surface area contributed by atoms with Gasteiger partial charge >= 0.3 is 6.09 Å². The minimum Gasteiger partial charge on any atom is -0.444 e. The van der Waals surface area contributed by atoms with E-state index >= 15 is 0 Å². The van der Waals surface area contributed by atoms with Crippen LogP contribution in [0, 0.1) is 0 Å². The predicted molar refractivity (Wildman–Crippen MR) is 52.1 cm³/mol. The lowest BCUT2D eigenvalue weighted by atomic mass is 10.2. The highest BCUT2D eigenvalue weighted by molar-refractivity contribution is 5.69. The van der Waals surface area contributed by atoms with E-state index in [-0.39, 0.29) is 6.09 Å². The molecule has 1 radical (unpaired) electrons. The number of hydrogen-bond acceptors (Lipinski definition) is 2. The van der Waals surface area contributed by atoms with Crippen molar-refractivity contribution in [3.63, 3.8) is 0 Å². The lowest BCUT2D eigenvalue weighted by Crippen LogP contribution is -2.46. The molecule has 0 N–H and O–H groups in total. The molecule has 2 atom stereocenters. The van der Waals surface area contributed by atoms with Crippen LogP contribution < -0.4 is 5.32 Å². The van der Waals surface area contributed by atoms with Gasteiger partial charge in [-0.2, -0.15) is 0 Å². The van der Waals surface area contributed by atoms with Gasteiger partial charge in [0.25, 0.3) is 0 Å². The highest BCUT2D eigenvalue weighted by Gasteiger charge is 2.42. The van der Waals surface area contributed by atoms with Crippen molar-refractivity contribution in [2.75, 3.05) is 13.1 Å². The molecule has 0 aromatic rings. The largest absolute Gasteiger partial charge is 0.444 e. The number of hydrogen-bond donors (Lipinski definition) is 0. The number of carbonyl (C=O) groups is 1. The molecule has 0 aromatic heterocycles. The Balaban J connectivity index is 1.93. The second-order valence-corrected chi connectivity index (χ2v) is 5.04. The quantitative estimate of drug-likeness (QED) is 0.581. The van der Waals surface area contributed by atoms with Crippen LogP contribution >= 0.6 is 0 Å². The van der Waals surface area contributed by atoms with E-state index in [0.29, 0.717) is 12.1 Å². The predicted octanol–water partition coefficient (Wildman–Crippen LogP) is 0.982. The van der Waals surface area contributed by atoms with E-state index in [1.54, 1.807) is 0 Å². The Morgan fingerprint density at radius 2 is 2.21 bits per heavy atom. The van der Waals surface area contributed by atoms with Crippen molar-refractivity contribution in [1.82, 2.24) is 10.2 Å². The first-order chi connectivity index (χ1) is 6.46. The van der Waals surface area contributed by atoms with Gasteiger partial charge in [-0.25, -0.2) is 10.1 Å². The lowest BCUT2D eigenvalue weighted by Gasteiger charge is -2.29. The summed E-state index contributed by atoms with van der Waals surface area (Å²) in [6.45, 7) is 7.22. The first-order valence-electron chi connectivity index (χ1n) is 5.12. The van der Waals surface area contributed by atoms with Crippen LogP contribution in [-0.2, 0) is 4.74 Å². The number of carbonyl (C=O) groups excluding carboxylic acids is 1. The van der Waals surface area contributed by atoms with Crippen molar-refractivity contribution in [2.45, 2.75) is 44.9 Å². The van der Waals surface area contributed by atoms with E-state index in [1.165, 1.54) is 0 Å². The molecule has 0 aliphatic carbocycles. The summed E-state index contributed by atoms with van der Waals surface area (Å²) in [5.41, 5.74) is -0.393. The summed E-state index contributed by atoms with van der Waals surface area (Å²) in [6.07, 6.45) is 0.846. The van der Waals surface area contributed by atoms with Crippen molar-refractivity contribution in [3.8, 4) is 0 Å². The number of fused-ring (bicyclic) bond motifs is 2. The van der Waals surface area contributed by atoms with Gasteiger partial charge in [-0.05, 0) is 27.2 Å². The van der Waals surface area contributed by atoms with Crippen LogP contribution in [-0.4, -0.2) is 41.8 Å². The van der Waals surface area contributed by atoms with E-state index in [9.17, 15) is 4.79 Å². The number of piperazine rings is 1. The number of amides is 1. The van der Waals surface area contributed by atoms with Gasteiger partial charge in [-0.3, -0.25) is 0 Å². The van der Waals surface area contributed by atoms with Crippen molar-refractivity contribution in [2.24, 2.45) is 0 Å². The average molecular weight is 197 g/mol. The number of likely N-dealkylation sites (tertiary alicyclic amines) is 1. The van der Waals surface area contributed by atoms with E-state index in [4.69, 9.17) is 4.74 Å². The van der Waals surface area contributed by atoms with E-state index in [0.717, 1.165) is 19.5 Å². The molecule has 14 heavy (non-hydrogen) atoms. The number of ether oxygens (including phenoxy) is 1. The van der Waals surface area contributed by atoms with Crippen molar-refractivity contribution >= 4 is 6.09 Å². The van der Waals surface area contributed by atoms with Crippen LogP contribution in [0.4, 0.5) is 4.79 Å². The number of rotatable bonds is 0. The monoisotopic (exact) mass is 197 g/mol. The molecule has 2 aliphatic heterocycles. The second-order valence-electron chi connectivity index (χ2n) is 5.04. The zero-order valence-electron chi connectivity index (χ0n) is 8.99. The summed E-state index contributed by atoms with van der Waals surface area (Å²) < 4.78 is 5.32. The minimum absolute atomic E-state index is 0.181. The zero-order chi connectivity index (χ0) is 10.3. The molecule has 2 unspecified atom stereocenters. The Kier molecular flexibility index (Phi) is 2.18. The zero-order valence-corrected chi connectivity index (χ0v) is 8.99. The van der Waals surface area contributed by atoms with Crippen LogP contribution in [0.5, 0.6) is 0 Å². The summed E-state index contributed by atoms with van der Waals surface area (Å²) in [4.78, 5) is 13.5. The molecule has 0 saturated carbocycles. The summed E-state index contributed by atoms with van der Waals surface area (Å²) >= 11 is 0. The fraction of sp³-hybridized carbons (Fsp3) is 0.900. The number of nitrogens with zero attached hydrogens (tertiary/aromatic N) is 2. The molecule has 0 spiro atoms. The van der Waals surface area contributed by atoms with Crippen LogP contribution in [0.3, 0.4) is 0 Å². The molecule has 2 heterocycles. The van der Waals surface area contributed by atoms with Crippen molar-refractivity contribution < 1.29 is 9.53 Å². The van der Waals surface area contributed by atoms with Gasteiger partial charge in [-0.15, -0.1) is 0 Å². The van der Waals surface area contributed by atoms with Crippen LogP contribution in [0.2, 0.25) is 0 Å². The van der Waals surface area contributed by atoms with Gasteiger partial charge < -0.3 is 9.64 Å². The summed E-state index contributed by atoms with van der Waals surface area (Å²) in [5, 5.41) is 4.38. The Morgan fingerprint density at radius 3 is 2.64 bits per heavy atom. The Morgan fingerprint density at radius 1 is 1.50 bits per heavy atom. The van der Waals surface area contributed by atoms with Gasteiger partial charge in [0.15, 0.2) is 0 Å². The third-order valence-electron chi connectivity index (χ3n) is 2.59. The molecule has 4 nitrogen and oxygen atoms in total. The van der Waals surface area contributed by atoms with Gasteiger partial charge in [0, 0.05) is 19.1 Å². The first kappa shape index (κ1) is 9.77. The summed E-state index contributed by atoms with van der Waals surface area (Å²) in [7, 11) is 0. The lowest BCUT2D eigenvalue weighted by molar-refractivity contribution is 0.0203. The Labute approximate surface area is 84.6 Å². The standard InChI is InChI=1S/C10H17N2O2/c1-10(2,3)14-9(13)12-6-7-4-8(12)5-11-7/h7-8H,4-6H2,1-3H3. The molecule has 2 fully saturated rings. The molecular formula is C10H17N2O2. The van der Waals surface area contributed by atoms with Crippen molar-refractivity contribution in [3.05, 3.63) is 0 Å². The SMILES string of the molecule is CC(C)(C)OC(=O)N1CC2CC1C[N]2.